The van der Waals surface area contributed by atoms with Crippen LogP contribution in [0.3, 0.4) is 0 Å². The summed E-state index contributed by atoms with van der Waals surface area (Å²) in [4.78, 5) is 24.2. The summed E-state index contributed by atoms with van der Waals surface area (Å²) in [6.45, 7) is 0.418. The maximum absolute atomic E-state index is 12.3. The van der Waals surface area contributed by atoms with Crippen LogP contribution in [0.15, 0.2) is 47.3 Å². The Morgan fingerprint density at radius 1 is 1.04 bits per heavy atom. The first-order valence-electron chi connectivity index (χ1n) is 7.15. The van der Waals surface area contributed by atoms with Gasteiger partial charge in [0.05, 0.1) is 11.0 Å². The Bertz CT molecular complexity index is 939. The molecule has 0 atom stereocenters. The zero-order valence-corrected chi connectivity index (χ0v) is 13.6. The second-order valence-corrected chi connectivity index (χ2v) is 5.85. The second kappa shape index (κ2) is 5.93. The van der Waals surface area contributed by atoms with Gasteiger partial charge in [0.15, 0.2) is 0 Å². The smallest absolute Gasteiger partial charge is 0.328 e. The van der Waals surface area contributed by atoms with Gasteiger partial charge >= 0.3 is 5.69 Å². The van der Waals surface area contributed by atoms with Crippen molar-refractivity contribution in [2.75, 3.05) is 0 Å². The van der Waals surface area contributed by atoms with Gasteiger partial charge in [-0.2, -0.15) is 0 Å². The molecule has 118 valence electrons. The first kappa shape index (κ1) is 15.4. The minimum Gasteiger partial charge on any atom is -0.348 e. The lowest BCUT2D eigenvalue weighted by atomic mass is 10.1. The molecule has 0 aliphatic rings. The molecule has 23 heavy (non-hydrogen) atoms. The summed E-state index contributed by atoms with van der Waals surface area (Å²) in [5, 5.41) is 3.53. The van der Waals surface area contributed by atoms with E-state index in [1.165, 1.54) is 4.57 Å². The van der Waals surface area contributed by atoms with Gasteiger partial charge < -0.3 is 5.32 Å². The van der Waals surface area contributed by atoms with Gasteiger partial charge in [-0.15, -0.1) is 0 Å². The van der Waals surface area contributed by atoms with Crippen LogP contribution in [-0.2, 0) is 20.6 Å². The quantitative estimate of drug-likeness (QED) is 0.802. The van der Waals surface area contributed by atoms with E-state index in [2.05, 4.69) is 5.32 Å². The highest BCUT2D eigenvalue weighted by atomic mass is 35.5. The third-order valence-electron chi connectivity index (χ3n) is 3.90. The number of nitrogens with one attached hydrogen (secondary N) is 1. The zero-order valence-electron chi connectivity index (χ0n) is 12.8. The molecule has 0 aliphatic heterocycles. The molecule has 0 saturated heterocycles. The average molecular weight is 330 g/mol. The molecular formula is C17H16ClN3O2. The van der Waals surface area contributed by atoms with Gasteiger partial charge in [-0.25, -0.2) is 4.79 Å². The highest BCUT2D eigenvalue weighted by molar-refractivity contribution is 6.30. The van der Waals surface area contributed by atoms with E-state index in [1.54, 1.807) is 49.0 Å². The van der Waals surface area contributed by atoms with Crippen molar-refractivity contribution in [3.8, 4) is 0 Å². The van der Waals surface area contributed by atoms with Crippen LogP contribution in [0.1, 0.15) is 15.9 Å². The lowest BCUT2D eigenvalue weighted by Crippen LogP contribution is -2.22. The number of hydrogen-bond acceptors (Lipinski definition) is 2. The standard InChI is InChI=1S/C17H16ClN3O2/c1-20-14-8-5-12(9-15(14)21(2)17(20)23)16(22)19-10-11-3-6-13(18)7-4-11/h3-9H,10H2,1-2H3,(H,19,22). The molecule has 0 radical (unpaired) electrons. The number of rotatable bonds is 3. The predicted octanol–water partition coefficient (Wildman–Crippen LogP) is 2.46. The predicted molar refractivity (Wildman–Crippen MR) is 90.8 cm³/mol. The van der Waals surface area contributed by atoms with Crippen molar-refractivity contribution in [1.29, 1.82) is 0 Å². The minimum atomic E-state index is -0.182. The summed E-state index contributed by atoms with van der Waals surface area (Å²) < 4.78 is 3.09. The van der Waals surface area contributed by atoms with Crippen molar-refractivity contribution >= 4 is 28.5 Å². The first-order chi connectivity index (χ1) is 11.0. The van der Waals surface area contributed by atoms with Crippen LogP contribution in [0.4, 0.5) is 0 Å². The molecule has 3 rings (SSSR count). The normalized spacial score (nSPS) is 10.9. The van der Waals surface area contributed by atoms with Gasteiger partial charge in [0, 0.05) is 31.2 Å². The third kappa shape index (κ3) is 2.87. The first-order valence-corrected chi connectivity index (χ1v) is 7.53. The van der Waals surface area contributed by atoms with Gasteiger partial charge in [-0.1, -0.05) is 23.7 Å². The van der Waals surface area contributed by atoms with Crippen molar-refractivity contribution in [3.05, 3.63) is 69.1 Å². The number of fused-ring (bicyclic) bond motifs is 1. The number of nitrogens with zero attached hydrogens (tertiary/aromatic N) is 2. The molecule has 3 aromatic rings. The number of amides is 1. The largest absolute Gasteiger partial charge is 0.348 e. The average Bonchev–Trinajstić information content (AvgIpc) is 2.78. The number of carbonyl (C=O) groups excluding carboxylic acids is 1. The van der Waals surface area contributed by atoms with E-state index in [0.29, 0.717) is 17.1 Å². The number of halogens is 1. The van der Waals surface area contributed by atoms with Gasteiger partial charge in [-0.3, -0.25) is 13.9 Å². The Morgan fingerprint density at radius 2 is 1.70 bits per heavy atom. The molecule has 6 heteroatoms. The van der Waals surface area contributed by atoms with Crippen LogP contribution in [-0.4, -0.2) is 15.0 Å². The fourth-order valence-electron chi connectivity index (χ4n) is 2.53. The van der Waals surface area contributed by atoms with Gasteiger partial charge in [0.25, 0.3) is 5.91 Å². The second-order valence-electron chi connectivity index (χ2n) is 5.41. The van der Waals surface area contributed by atoms with E-state index in [-0.39, 0.29) is 11.6 Å². The molecule has 5 nitrogen and oxygen atoms in total. The number of aryl methyl sites for hydroxylation is 2. The number of carbonyl (C=O) groups is 1. The highest BCUT2D eigenvalue weighted by Gasteiger charge is 2.11. The van der Waals surface area contributed by atoms with Crippen LogP contribution in [0.5, 0.6) is 0 Å². The molecule has 1 heterocycles. The Hall–Kier alpha value is -2.53. The summed E-state index contributed by atoms with van der Waals surface area (Å²) in [5.74, 6) is -0.182. The molecule has 0 aliphatic carbocycles. The molecule has 0 spiro atoms. The summed E-state index contributed by atoms with van der Waals surface area (Å²) in [7, 11) is 3.41. The Kier molecular flexibility index (Phi) is 3.96. The third-order valence-corrected chi connectivity index (χ3v) is 4.15. The van der Waals surface area contributed by atoms with E-state index >= 15 is 0 Å². The van der Waals surface area contributed by atoms with Crippen LogP contribution in [0, 0.1) is 0 Å². The topological polar surface area (TPSA) is 56.0 Å². The van der Waals surface area contributed by atoms with Gasteiger partial charge in [-0.05, 0) is 35.9 Å². The summed E-state index contributed by atoms with van der Waals surface area (Å²) >= 11 is 5.84. The maximum atomic E-state index is 12.3. The fourth-order valence-corrected chi connectivity index (χ4v) is 2.66. The lowest BCUT2D eigenvalue weighted by Gasteiger charge is -2.06. The molecule has 0 unspecified atom stereocenters. The summed E-state index contributed by atoms with van der Waals surface area (Å²) in [5.41, 5.74) is 2.91. The van der Waals surface area contributed by atoms with E-state index in [1.807, 2.05) is 12.1 Å². The zero-order chi connectivity index (χ0) is 16.6. The van der Waals surface area contributed by atoms with Crippen molar-refractivity contribution in [1.82, 2.24) is 14.5 Å². The number of imidazole rings is 1. The minimum absolute atomic E-state index is 0.112. The maximum Gasteiger partial charge on any atom is 0.328 e. The van der Waals surface area contributed by atoms with Crippen LogP contribution < -0.4 is 11.0 Å². The Morgan fingerprint density at radius 3 is 2.39 bits per heavy atom. The van der Waals surface area contributed by atoms with Gasteiger partial charge in [0.2, 0.25) is 0 Å². The Balaban J connectivity index is 1.82. The van der Waals surface area contributed by atoms with E-state index in [4.69, 9.17) is 11.6 Å². The monoisotopic (exact) mass is 329 g/mol. The highest BCUT2D eigenvalue weighted by Crippen LogP contribution is 2.14. The molecular weight excluding hydrogens is 314 g/mol. The lowest BCUT2D eigenvalue weighted by molar-refractivity contribution is 0.0951. The SMILES string of the molecule is Cn1c(=O)n(C)c2cc(C(=O)NCc3ccc(Cl)cc3)ccc21. The summed E-state index contributed by atoms with van der Waals surface area (Å²) in [6.07, 6.45) is 0. The Labute approximate surface area is 138 Å². The van der Waals surface area contributed by atoms with Crippen molar-refractivity contribution in [3.63, 3.8) is 0 Å². The molecule has 0 bridgehead atoms. The molecule has 1 amide bonds. The van der Waals surface area contributed by atoms with Crippen molar-refractivity contribution in [2.24, 2.45) is 14.1 Å². The molecule has 0 saturated carbocycles. The van der Waals surface area contributed by atoms with E-state index in [0.717, 1.165) is 16.6 Å². The van der Waals surface area contributed by atoms with Gasteiger partial charge in [0.1, 0.15) is 0 Å². The molecule has 0 fully saturated rings. The number of aromatic nitrogens is 2. The number of hydrogen-bond donors (Lipinski definition) is 1. The number of benzene rings is 2. The van der Waals surface area contributed by atoms with Crippen molar-refractivity contribution in [2.45, 2.75) is 6.54 Å². The van der Waals surface area contributed by atoms with Crippen LogP contribution in [0.2, 0.25) is 5.02 Å². The molecule has 1 aromatic heterocycles. The fraction of sp³-hybridized carbons (Fsp3) is 0.176. The van der Waals surface area contributed by atoms with E-state index < -0.39 is 0 Å². The van der Waals surface area contributed by atoms with Crippen molar-refractivity contribution < 1.29 is 4.79 Å². The molecule has 2 aromatic carbocycles. The molecule has 1 N–H and O–H groups in total. The van der Waals surface area contributed by atoms with Crippen LogP contribution >= 0.6 is 11.6 Å². The van der Waals surface area contributed by atoms with E-state index in [9.17, 15) is 9.59 Å². The van der Waals surface area contributed by atoms with Crippen LogP contribution in [0.25, 0.3) is 11.0 Å². The summed E-state index contributed by atoms with van der Waals surface area (Å²) in [6, 6.07) is 12.5.